The summed E-state index contributed by atoms with van der Waals surface area (Å²) in [7, 11) is 0. The molecule has 1 aliphatic carbocycles. The highest BCUT2D eigenvalue weighted by Crippen LogP contribution is 2.34. The minimum Gasteiger partial charge on any atom is -0.358 e. The third-order valence-electron chi connectivity index (χ3n) is 4.53. The highest BCUT2D eigenvalue weighted by Gasteiger charge is 2.26. The average molecular weight is 381 g/mol. The average Bonchev–Trinajstić information content (AvgIpc) is 2.96. The quantitative estimate of drug-likeness (QED) is 0.653. The minimum atomic E-state index is 0.262. The Morgan fingerprint density at radius 3 is 2.75 bits per heavy atom. The summed E-state index contributed by atoms with van der Waals surface area (Å²) >= 11 is 3.44. The van der Waals surface area contributed by atoms with Crippen molar-refractivity contribution in [3.8, 4) is 11.3 Å². The second-order valence-corrected chi connectivity index (χ2v) is 6.95. The molecule has 0 atom stereocenters. The summed E-state index contributed by atoms with van der Waals surface area (Å²) in [5.74, 6) is 0.262. The zero-order chi connectivity index (χ0) is 16.5. The molecule has 2 aromatic heterocycles. The molecule has 0 fully saturated rings. The maximum absolute atomic E-state index is 12.6. The number of pyridine rings is 1. The van der Waals surface area contributed by atoms with Crippen LogP contribution >= 0.6 is 15.9 Å². The highest BCUT2D eigenvalue weighted by molar-refractivity contribution is 9.10. The molecule has 0 aliphatic heterocycles. The van der Waals surface area contributed by atoms with Crippen LogP contribution in [0.1, 0.15) is 40.0 Å². The third kappa shape index (κ3) is 2.82. The van der Waals surface area contributed by atoms with E-state index < -0.39 is 0 Å². The Kier molecular flexibility index (Phi) is 4.07. The van der Waals surface area contributed by atoms with Gasteiger partial charge in [-0.3, -0.25) is 4.79 Å². The molecule has 0 bridgehead atoms. The van der Waals surface area contributed by atoms with E-state index in [2.05, 4.69) is 38.0 Å². The Balaban J connectivity index is 1.88. The summed E-state index contributed by atoms with van der Waals surface area (Å²) in [6.45, 7) is 0. The molecule has 0 spiro atoms. The molecule has 0 unspecified atom stereocenters. The normalized spacial score (nSPS) is 13.8. The fourth-order valence-electron chi connectivity index (χ4n) is 3.45. The number of carbonyl (C=O) groups excluding carboxylic acids is 1. The largest absolute Gasteiger partial charge is 0.358 e. The topological polar surface area (TPSA) is 45.8 Å². The van der Waals surface area contributed by atoms with Gasteiger partial charge < -0.3 is 4.98 Å². The van der Waals surface area contributed by atoms with Crippen LogP contribution in [0, 0.1) is 0 Å². The van der Waals surface area contributed by atoms with Gasteiger partial charge in [0.05, 0.1) is 5.69 Å². The number of aromatic amines is 1. The summed E-state index contributed by atoms with van der Waals surface area (Å²) in [5, 5.41) is 0. The summed E-state index contributed by atoms with van der Waals surface area (Å²) in [6, 6.07) is 14.3. The van der Waals surface area contributed by atoms with Crippen molar-refractivity contribution in [1.82, 2.24) is 9.97 Å². The standard InChI is InChI=1S/C20H17BrN2O/c21-18-12-14(9-10-22-18)20-15(11-13-5-2-1-3-6-13)19-16(23-20)7-4-8-17(19)24/h1-3,5-6,9-10,12,23H,4,7-8,11H2. The van der Waals surface area contributed by atoms with Gasteiger partial charge in [0, 0.05) is 35.9 Å². The monoisotopic (exact) mass is 380 g/mol. The number of rotatable bonds is 3. The fraction of sp³-hybridized carbons (Fsp3) is 0.200. The molecular weight excluding hydrogens is 364 g/mol. The van der Waals surface area contributed by atoms with Crippen LogP contribution in [0.5, 0.6) is 0 Å². The van der Waals surface area contributed by atoms with Crippen LogP contribution in [0.15, 0.2) is 53.3 Å². The molecule has 4 heteroatoms. The fourth-order valence-corrected chi connectivity index (χ4v) is 3.82. The second kappa shape index (κ2) is 6.36. The van der Waals surface area contributed by atoms with E-state index in [1.165, 1.54) is 5.56 Å². The third-order valence-corrected chi connectivity index (χ3v) is 4.96. The Bertz CT molecular complexity index is 899. The SMILES string of the molecule is O=C1CCCc2[nH]c(-c3ccnc(Br)c3)c(Cc3ccccc3)c21. The first-order valence-corrected chi connectivity index (χ1v) is 8.94. The van der Waals surface area contributed by atoms with E-state index in [1.54, 1.807) is 6.20 Å². The Hall–Kier alpha value is -2.20. The lowest BCUT2D eigenvalue weighted by Gasteiger charge is -2.12. The number of aromatic nitrogens is 2. The lowest BCUT2D eigenvalue weighted by atomic mass is 9.90. The molecule has 1 aromatic carbocycles. The molecule has 4 rings (SSSR count). The molecular formula is C20H17BrN2O. The van der Waals surface area contributed by atoms with Gasteiger partial charge in [0.1, 0.15) is 4.60 Å². The second-order valence-electron chi connectivity index (χ2n) is 6.14. The number of hydrogen-bond donors (Lipinski definition) is 1. The van der Waals surface area contributed by atoms with Crippen LogP contribution in [0.4, 0.5) is 0 Å². The summed E-state index contributed by atoms with van der Waals surface area (Å²) < 4.78 is 0.796. The molecule has 1 aliphatic rings. The number of hydrogen-bond acceptors (Lipinski definition) is 2. The van der Waals surface area contributed by atoms with E-state index in [0.29, 0.717) is 6.42 Å². The molecule has 3 aromatic rings. The van der Waals surface area contributed by atoms with E-state index in [1.807, 2.05) is 30.3 Å². The molecule has 0 radical (unpaired) electrons. The summed E-state index contributed by atoms with van der Waals surface area (Å²) in [6.07, 6.45) is 5.05. The number of ketones is 1. The zero-order valence-electron chi connectivity index (χ0n) is 13.2. The maximum atomic E-state index is 12.6. The van der Waals surface area contributed by atoms with Gasteiger partial charge in [-0.25, -0.2) is 4.98 Å². The lowest BCUT2D eigenvalue weighted by Crippen LogP contribution is -2.11. The van der Waals surface area contributed by atoms with Crippen LogP contribution in [0.3, 0.4) is 0 Å². The zero-order valence-corrected chi connectivity index (χ0v) is 14.8. The number of nitrogens with zero attached hydrogens (tertiary/aromatic N) is 1. The minimum absolute atomic E-state index is 0.262. The number of H-pyrrole nitrogens is 1. The molecule has 0 saturated carbocycles. The molecule has 24 heavy (non-hydrogen) atoms. The van der Waals surface area contributed by atoms with E-state index in [9.17, 15) is 4.79 Å². The number of carbonyl (C=O) groups is 1. The summed E-state index contributed by atoms with van der Waals surface area (Å²) in [5.41, 5.74) is 6.42. The van der Waals surface area contributed by atoms with Crippen molar-refractivity contribution in [2.45, 2.75) is 25.7 Å². The van der Waals surface area contributed by atoms with Gasteiger partial charge in [-0.1, -0.05) is 30.3 Å². The smallest absolute Gasteiger partial charge is 0.165 e. The van der Waals surface area contributed by atoms with Gasteiger partial charge >= 0.3 is 0 Å². The Morgan fingerprint density at radius 1 is 1.12 bits per heavy atom. The van der Waals surface area contributed by atoms with Crippen LogP contribution in [-0.4, -0.2) is 15.8 Å². The Labute approximate surface area is 149 Å². The number of Topliss-reactive ketones (excluding diaryl/α,β-unsaturated/α-hetero) is 1. The van der Waals surface area contributed by atoms with Crippen molar-refractivity contribution < 1.29 is 4.79 Å². The predicted molar refractivity (Wildman–Crippen MR) is 98.2 cm³/mol. The number of aryl methyl sites for hydroxylation is 1. The van der Waals surface area contributed by atoms with Gasteiger partial charge in [-0.15, -0.1) is 0 Å². The van der Waals surface area contributed by atoms with Crippen molar-refractivity contribution in [3.63, 3.8) is 0 Å². The molecule has 1 N–H and O–H groups in total. The van der Waals surface area contributed by atoms with Crippen molar-refractivity contribution in [3.05, 3.63) is 75.6 Å². The highest BCUT2D eigenvalue weighted by atomic mass is 79.9. The van der Waals surface area contributed by atoms with Gasteiger partial charge in [-0.2, -0.15) is 0 Å². The first kappa shape index (κ1) is 15.3. The Morgan fingerprint density at radius 2 is 1.96 bits per heavy atom. The number of fused-ring (bicyclic) bond motifs is 1. The van der Waals surface area contributed by atoms with Crippen LogP contribution in [0.25, 0.3) is 11.3 Å². The van der Waals surface area contributed by atoms with E-state index in [-0.39, 0.29) is 5.78 Å². The van der Waals surface area contributed by atoms with Gasteiger partial charge in [0.2, 0.25) is 0 Å². The lowest BCUT2D eigenvalue weighted by molar-refractivity contribution is 0.0971. The van der Waals surface area contributed by atoms with Crippen LogP contribution in [-0.2, 0) is 12.8 Å². The van der Waals surface area contributed by atoms with E-state index in [0.717, 1.165) is 51.9 Å². The number of halogens is 1. The molecule has 120 valence electrons. The molecule has 0 amide bonds. The molecule has 3 nitrogen and oxygen atoms in total. The van der Waals surface area contributed by atoms with Crippen molar-refractivity contribution in [2.24, 2.45) is 0 Å². The van der Waals surface area contributed by atoms with Gasteiger partial charge in [0.25, 0.3) is 0 Å². The van der Waals surface area contributed by atoms with Gasteiger partial charge in [0.15, 0.2) is 5.78 Å². The maximum Gasteiger partial charge on any atom is 0.165 e. The first-order valence-electron chi connectivity index (χ1n) is 8.15. The van der Waals surface area contributed by atoms with Crippen molar-refractivity contribution >= 4 is 21.7 Å². The number of nitrogens with one attached hydrogen (secondary N) is 1. The van der Waals surface area contributed by atoms with Crippen LogP contribution < -0.4 is 0 Å². The molecule has 2 heterocycles. The summed E-state index contributed by atoms with van der Waals surface area (Å²) in [4.78, 5) is 20.3. The first-order chi connectivity index (χ1) is 11.7. The predicted octanol–water partition coefficient (Wildman–Crippen LogP) is 4.95. The van der Waals surface area contributed by atoms with Crippen molar-refractivity contribution in [2.75, 3.05) is 0 Å². The number of benzene rings is 1. The van der Waals surface area contributed by atoms with E-state index in [4.69, 9.17) is 0 Å². The van der Waals surface area contributed by atoms with Gasteiger partial charge in [-0.05, 0) is 52.0 Å². The molecule has 0 saturated heterocycles. The van der Waals surface area contributed by atoms with E-state index >= 15 is 0 Å². The van der Waals surface area contributed by atoms with Crippen LogP contribution in [0.2, 0.25) is 0 Å². The van der Waals surface area contributed by atoms with Crippen molar-refractivity contribution in [1.29, 1.82) is 0 Å².